The summed E-state index contributed by atoms with van der Waals surface area (Å²) in [5, 5.41) is 10.4. The molecule has 0 spiro atoms. The third-order valence-corrected chi connectivity index (χ3v) is 2.99. The molecular formula is C12H12Cl2F4O2. The van der Waals surface area contributed by atoms with Gasteiger partial charge in [-0.2, -0.15) is 8.78 Å². The fraction of sp³-hybridized carbons (Fsp3) is 0.500. The third-order valence-electron chi connectivity index (χ3n) is 2.39. The first-order chi connectivity index (χ1) is 9.22. The second-order valence-electron chi connectivity index (χ2n) is 4.17. The average molecular weight is 335 g/mol. The fourth-order valence-corrected chi connectivity index (χ4v) is 1.80. The number of hydrogen-bond acceptors (Lipinski definition) is 2. The Morgan fingerprint density at radius 1 is 1.25 bits per heavy atom. The van der Waals surface area contributed by atoms with E-state index in [1.165, 1.54) is 12.1 Å². The molecule has 1 N–H and O–H groups in total. The lowest BCUT2D eigenvalue weighted by Gasteiger charge is -2.17. The molecule has 1 aromatic carbocycles. The highest BCUT2D eigenvalue weighted by Crippen LogP contribution is 2.24. The Balaban J connectivity index is 2.44. The zero-order valence-corrected chi connectivity index (χ0v) is 11.6. The molecule has 1 atom stereocenters. The Bertz CT molecular complexity index is 443. The molecule has 0 saturated heterocycles. The molecule has 20 heavy (non-hydrogen) atoms. The second-order valence-corrected chi connectivity index (χ2v) is 5.01. The molecule has 0 aliphatic rings. The number of aliphatic hydroxyl groups is 1. The molecule has 1 unspecified atom stereocenters. The van der Waals surface area contributed by atoms with Crippen LogP contribution in [-0.2, 0) is 11.2 Å². The highest BCUT2D eigenvalue weighted by Gasteiger charge is 2.41. The molecule has 0 saturated carbocycles. The third kappa shape index (κ3) is 5.44. The lowest BCUT2D eigenvalue weighted by Crippen LogP contribution is -2.34. The number of benzene rings is 1. The summed E-state index contributed by atoms with van der Waals surface area (Å²) in [6, 6.07) is 4.60. The number of hydrogen-bond donors (Lipinski definition) is 1. The monoisotopic (exact) mass is 334 g/mol. The standard InChI is InChI=1S/C12H12Cl2F4O2/c13-8-1-2-10(14)7(3-8)4-9(19)5-20-6-12(17,18)11(15)16/h1-3,9,11,19H,4-6H2. The summed E-state index contributed by atoms with van der Waals surface area (Å²) >= 11 is 11.6. The van der Waals surface area contributed by atoms with Crippen molar-refractivity contribution in [2.75, 3.05) is 13.2 Å². The van der Waals surface area contributed by atoms with Crippen LogP contribution in [0, 0.1) is 0 Å². The van der Waals surface area contributed by atoms with Crippen LogP contribution in [0.2, 0.25) is 10.0 Å². The van der Waals surface area contributed by atoms with Crippen molar-refractivity contribution >= 4 is 23.2 Å². The van der Waals surface area contributed by atoms with Gasteiger partial charge in [-0.3, -0.25) is 0 Å². The first-order valence-corrected chi connectivity index (χ1v) is 6.33. The minimum atomic E-state index is -4.23. The normalized spacial score (nSPS) is 13.8. The van der Waals surface area contributed by atoms with E-state index in [0.717, 1.165) is 0 Å². The smallest absolute Gasteiger partial charge is 0.330 e. The summed E-state index contributed by atoms with van der Waals surface area (Å²) in [5.74, 6) is -4.23. The largest absolute Gasteiger partial charge is 0.390 e. The summed E-state index contributed by atoms with van der Waals surface area (Å²) < 4.78 is 53.2. The van der Waals surface area contributed by atoms with E-state index in [-0.39, 0.29) is 6.42 Å². The van der Waals surface area contributed by atoms with E-state index in [1.807, 2.05) is 0 Å². The van der Waals surface area contributed by atoms with Crippen molar-refractivity contribution in [3.63, 3.8) is 0 Å². The summed E-state index contributed by atoms with van der Waals surface area (Å²) in [6.45, 7) is -1.96. The Morgan fingerprint density at radius 2 is 1.90 bits per heavy atom. The summed E-state index contributed by atoms with van der Waals surface area (Å²) in [7, 11) is 0. The van der Waals surface area contributed by atoms with Crippen molar-refractivity contribution in [2.24, 2.45) is 0 Å². The van der Waals surface area contributed by atoms with Gasteiger partial charge in [-0.1, -0.05) is 23.2 Å². The van der Waals surface area contributed by atoms with Crippen LogP contribution in [0.25, 0.3) is 0 Å². The van der Waals surface area contributed by atoms with Crippen LogP contribution in [0.15, 0.2) is 18.2 Å². The van der Waals surface area contributed by atoms with Crippen LogP contribution in [0.3, 0.4) is 0 Å². The van der Waals surface area contributed by atoms with Gasteiger partial charge in [-0.25, -0.2) is 8.78 Å². The molecule has 2 nitrogen and oxygen atoms in total. The van der Waals surface area contributed by atoms with E-state index in [2.05, 4.69) is 4.74 Å². The molecular weight excluding hydrogens is 323 g/mol. The molecule has 0 aliphatic heterocycles. The van der Waals surface area contributed by atoms with Gasteiger partial charge in [0.1, 0.15) is 6.61 Å². The van der Waals surface area contributed by atoms with E-state index in [1.54, 1.807) is 6.07 Å². The predicted molar refractivity (Wildman–Crippen MR) is 67.9 cm³/mol. The highest BCUT2D eigenvalue weighted by atomic mass is 35.5. The van der Waals surface area contributed by atoms with Gasteiger partial charge < -0.3 is 9.84 Å². The van der Waals surface area contributed by atoms with Crippen LogP contribution < -0.4 is 0 Å². The number of halogens is 6. The predicted octanol–water partition coefficient (Wildman–Crippen LogP) is 3.81. The van der Waals surface area contributed by atoms with Crippen LogP contribution in [0.5, 0.6) is 0 Å². The average Bonchev–Trinajstić information content (AvgIpc) is 2.33. The SMILES string of the molecule is OC(COCC(F)(F)C(F)F)Cc1cc(Cl)ccc1Cl. The minimum absolute atomic E-state index is 0.0135. The highest BCUT2D eigenvalue weighted by molar-refractivity contribution is 6.33. The lowest BCUT2D eigenvalue weighted by molar-refractivity contribution is -0.170. The Hall–Kier alpha value is -0.560. The van der Waals surface area contributed by atoms with Crippen molar-refractivity contribution in [3.05, 3.63) is 33.8 Å². The Kier molecular flexibility index (Phi) is 6.51. The topological polar surface area (TPSA) is 29.5 Å². The molecule has 0 heterocycles. The van der Waals surface area contributed by atoms with Crippen molar-refractivity contribution in [2.45, 2.75) is 24.9 Å². The first kappa shape index (κ1) is 17.5. The molecule has 1 aromatic rings. The molecule has 0 aromatic heterocycles. The summed E-state index contributed by atoms with van der Waals surface area (Å²) in [5.41, 5.74) is 0.510. The maximum absolute atomic E-state index is 12.5. The van der Waals surface area contributed by atoms with Crippen molar-refractivity contribution < 1.29 is 27.4 Å². The maximum Gasteiger partial charge on any atom is 0.330 e. The number of ether oxygens (including phenoxy) is 1. The minimum Gasteiger partial charge on any atom is -0.390 e. The van der Waals surface area contributed by atoms with Gasteiger partial charge in [0.25, 0.3) is 0 Å². The van der Waals surface area contributed by atoms with E-state index < -0.39 is 31.7 Å². The van der Waals surface area contributed by atoms with Crippen LogP contribution >= 0.6 is 23.2 Å². The molecule has 114 valence electrons. The van der Waals surface area contributed by atoms with Gasteiger partial charge in [0.05, 0.1) is 12.7 Å². The zero-order chi connectivity index (χ0) is 15.3. The van der Waals surface area contributed by atoms with Gasteiger partial charge in [0, 0.05) is 16.5 Å². The molecule has 8 heteroatoms. The summed E-state index contributed by atoms with van der Waals surface area (Å²) in [6.07, 6.45) is -4.94. The maximum atomic E-state index is 12.5. The van der Waals surface area contributed by atoms with Gasteiger partial charge in [0.15, 0.2) is 0 Å². The van der Waals surface area contributed by atoms with E-state index in [0.29, 0.717) is 15.6 Å². The molecule has 0 amide bonds. The number of aliphatic hydroxyl groups excluding tert-OH is 1. The van der Waals surface area contributed by atoms with Crippen LogP contribution in [0.4, 0.5) is 17.6 Å². The van der Waals surface area contributed by atoms with Gasteiger partial charge in [-0.05, 0) is 23.8 Å². The van der Waals surface area contributed by atoms with E-state index in [4.69, 9.17) is 23.2 Å². The molecule has 0 radical (unpaired) electrons. The Morgan fingerprint density at radius 3 is 2.50 bits per heavy atom. The quantitative estimate of drug-likeness (QED) is 0.768. The van der Waals surface area contributed by atoms with Gasteiger partial charge in [-0.15, -0.1) is 0 Å². The number of alkyl halides is 4. The van der Waals surface area contributed by atoms with Crippen LogP contribution in [0.1, 0.15) is 5.56 Å². The van der Waals surface area contributed by atoms with Crippen LogP contribution in [-0.4, -0.2) is 36.8 Å². The van der Waals surface area contributed by atoms with Crippen molar-refractivity contribution in [1.29, 1.82) is 0 Å². The van der Waals surface area contributed by atoms with Gasteiger partial charge in [0.2, 0.25) is 0 Å². The summed E-state index contributed by atoms with van der Waals surface area (Å²) in [4.78, 5) is 0. The fourth-order valence-electron chi connectivity index (χ4n) is 1.41. The van der Waals surface area contributed by atoms with E-state index in [9.17, 15) is 22.7 Å². The Labute approximate surface area is 123 Å². The molecule has 1 rings (SSSR count). The van der Waals surface area contributed by atoms with E-state index >= 15 is 0 Å². The van der Waals surface area contributed by atoms with Crippen molar-refractivity contribution in [1.82, 2.24) is 0 Å². The molecule has 0 aliphatic carbocycles. The second kappa shape index (κ2) is 7.45. The molecule has 0 fully saturated rings. The lowest BCUT2D eigenvalue weighted by atomic mass is 10.1. The first-order valence-electron chi connectivity index (χ1n) is 5.58. The number of rotatable bonds is 7. The zero-order valence-electron chi connectivity index (χ0n) is 10.1. The molecule has 0 bridgehead atoms. The van der Waals surface area contributed by atoms with Crippen molar-refractivity contribution in [3.8, 4) is 0 Å². The van der Waals surface area contributed by atoms with Gasteiger partial charge >= 0.3 is 12.3 Å².